The van der Waals surface area contributed by atoms with Crippen molar-refractivity contribution in [3.8, 4) is 0 Å². The highest BCUT2D eigenvalue weighted by atomic mass is 35.5. The van der Waals surface area contributed by atoms with Crippen LogP contribution in [0.3, 0.4) is 0 Å². The summed E-state index contributed by atoms with van der Waals surface area (Å²) in [7, 11) is -3.98. The lowest BCUT2D eigenvalue weighted by molar-refractivity contribution is 0.0499. The predicted octanol–water partition coefficient (Wildman–Crippen LogP) is 2.25. The van der Waals surface area contributed by atoms with Crippen LogP contribution in [0.5, 0.6) is 0 Å². The monoisotopic (exact) mass is 305 g/mol. The fraction of sp³-hybridized carbons (Fsp3) is 0.417. The van der Waals surface area contributed by atoms with Gasteiger partial charge in [0.2, 0.25) is 10.0 Å². The molecule has 0 bridgehead atoms. The Morgan fingerprint density at radius 3 is 2.58 bits per heavy atom. The molecule has 7 heteroatoms. The molecule has 0 atom stereocenters. The Kier molecular flexibility index (Phi) is 5.34. The number of rotatable bonds is 5. The summed E-state index contributed by atoms with van der Waals surface area (Å²) in [5.41, 5.74) is 0.581. The van der Waals surface area contributed by atoms with Crippen LogP contribution < -0.4 is 5.14 Å². The van der Waals surface area contributed by atoms with Gasteiger partial charge in [0.15, 0.2) is 0 Å². The number of carbonyl (C=O) groups excluding carboxylic acids is 1. The Morgan fingerprint density at radius 2 is 2.05 bits per heavy atom. The smallest absolute Gasteiger partial charge is 0.338 e. The van der Waals surface area contributed by atoms with Crippen LogP contribution in [0, 0.1) is 6.92 Å². The number of sulfonamides is 1. The van der Waals surface area contributed by atoms with Crippen molar-refractivity contribution in [3.05, 3.63) is 28.3 Å². The molecule has 0 heterocycles. The molecule has 0 saturated heterocycles. The van der Waals surface area contributed by atoms with Gasteiger partial charge in [-0.05, 0) is 31.0 Å². The van der Waals surface area contributed by atoms with E-state index in [2.05, 4.69) is 0 Å². The topological polar surface area (TPSA) is 86.5 Å². The van der Waals surface area contributed by atoms with Crippen LogP contribution in [0.15, 0.2) is 17.0 Å². The first kappa shape index (κ1) is 15.9. The van der Waals surface area contributed by atoms with Gasteiger partial charge in [-0.15, -0.1) is 0 Å². The van der Waals surface area contributed by atoms with Gasteiger partial charge in [-0.2, -0.15) is 0 Å². The Morgan fingerprint density at radius 1 is 1.42 bits per heavy atom. The zero-order valence-corrected chi connectivity index (χ0v) is 12.3. The molecular weight excluding hydrogens is 290 g/mol. The van der Waals surface area contributed by atoms with Crippen LogP contribution in [0.1, 0.15) is 35.7 Å². The maximum absolute atomic E-state index is 11.8. The summed E-state index contributed by atoms with van der Waals surface area (Å²) in [6.07, 6.45) is 1.65. The Hall–Kier alpha value is -1.11. The van der Waals surface area contributed by atoms with Gasteiger partial charge in [0.05, 0.1) is 17.2 Å². The number of unbranched alkanes of at least 4 members (excludes halogenated alkanes) is 1. The largest absolute Gasteiger partial charge is 0.462 e. The predicted molar refractivity (Wildman–Crippen MR) is 72.8 cm³/mol. The SMILES string of the molecule is CCCCOC(=O)c1cc(C)c(Cl)c(S(N)(=O)=O)c1. The Balaban J connectivity index is 3.11. The van der Waals surface area contributed by atoms with Gasteiger partial charge in [0, 0.05) is 0 Å². The van der Waals surface area contributed by atoms with E-state index in [1.807, 2.05) is 6.92 Å². The third-order valence-corrected chi connectivity index (χ3v) is 4.04. The van der Waals surface area contributed by atoms with Crippen LogP contribution in [-0.2, 0) is 14.8 Å². The standard InChI is InChI=1S/C12H16ClNO4S/c1-3-4-5-18-12(15)9-6-8(2)11(13)10(7-9)19(14,16)17/h6-7H,3-5H2,1-2H3,(H2,14,16,17). The van der Waals surface area contributed by atoms with Crippen molar-refractivity contribution in [2.24, 2.45) is 5.14 Å². The van der Waals surface area contributed by atoms with Gasteiger partial charge in [0.1, 0.15) is 4.90 Å². The first-order valence-corrected chi connectivity index (χ1v) is 7.70. The lowest BCUT2D eigenvalue weighted by Gasteiger charge is -2.09. The third-order valence-electron chi connectivity index (χ3n) is 2.49. The van der Waals surface area contributed by atoms with Crippen LogP contribution in [-0.4, -0.2) is 21.0 Å². The van der Waals surface area contributed by atoms with Gasteiger partial charge in [-0.1, -0.05) is 24.9 Å². The molecule has 0 fully saturated rings. The van der Waals surface area contributed by atoms with E-state index in [0.717, 1.165) is 18.9 Å². The number of aryl methyl sites for hydroxylation is 1. The van der Waals surface area contributed by atoms with Gasteiger partial charge < -0.3 is 4.74 Å². The average Bonchev–Trinajstić information content (AvgIpc) is 2.31. The number of ether oxygens (including phenoxy) is 1. The van der Waals surface area contributed by atoms with Crippen molar-refractivity contribution in [3.63, 3.8) is 0 Å². The number of hydrogen-bond donors (Lipinski definition) is 1. The molecule has 1 aromatic rings. The fourth-order valence-corrected chi connectivity index (χ4v) is 2.59. The molecule has 0 spiro atoms. The van der Waals surface area contributed by atoms with Crippen molar-refractivity contribution in [1.29, 1.82) is 0 Å². The summed E-state index contributed by atoms with van der Waals surface area (Å²) in [6, 6.07) is 2.62. The summed E-state index contributed by atoms with van der Waals surface area (Å²) in [5, 5.41) is 5.07. The maximum atomic E-state index is 11.8. The highest BCUT2D eigenvalue weighted by Crippen LogP contribution is 2.26. The normalized spacial score (nSPS) is 11.4. The van der Waals surface area contributed by atoms with Crippen LogP contribution in [0.2, 0.25) is 5.02 Å². The highest BCUT2D eigenvalue weighted by molar-refractivity contribution is 7.89. The van der Waals surface area contributed by atoms with E-state index in [1.165, 1.54) is 6.07 Å². The Bertz CT molecular complexity index is 584. The lowest BCUT2D eigenvalue weighted by atomic mass is 10.1. The minimum atomic E-state index is -3.98. The molecule has 1 aromatic carbocycles. The van der Waals surface area contributed by atoms with E-state index < -0.39 is 16.0 Å². The molecule has 0 saturated carbocycles. The second kappa shape index (κ2) is 6.36. The second-order valence-corrected chi connectivity index (χ2v) is 6.05. The first-order chi connectivity index (χ1) is 8.77. The lowest BCUT2D eigenvalue weighted by Crippen LogP contribution is -2.15. The molecule has 0 aliphatic rings. The van der Waals surface area contributed by atoms with Crippen molar-refractivity contribution >= 4 is 27.6 Å². The number of primary sulfonamides is 1. The third kappa shape index (κ3) is 4.19. The van der Waals surface area contributed by atoms with Crippen LogP contribution in [0.25, 0.3) is 0 Å². The summed E-state index contributed by atoms with van der Waals surface area (Å²) in [6.45, 7) is 3.86. The van der Waals surface area contributed by atoms with Crippen LogP contribution >= 0.6 is 11.6 Å². The highest BCUT2D eigenvalue weighted by Gasteiger charge is 2.19. The number of nitrogens with two attached hydrogens (primary N) is 1. The molecule has 1 rings (SSSR count). The summed E-state index contributed by atoms with van der Waals surface area (Å²) in [4.78, 5) is 11.5. The van der Waals surface area contributed by atoms with Gasteiger partial charge in [0.25, 0.3) is 0 Å². The molecule has 0 aliphatic carbocycles. The zero-order valence-electron chi connectivity index (χ0n) is 10.8. The Labute approximate surface area is 117 Å². The van der Waals surface area contributed by atoms with Crippen molar-refractivity contribution in [2.45, 2.75) is 31.6 Å². The molecule has 5 nitrogen and oxygen atoms in total. The molecular formula is C12H16ClNO4S. The van der Waals surface area contributed by atoms with E-state index in [1.54, 1.807) is 6.92 Å². The molecule has 0 amide bonds. The number of hydrogen-bond acceptors (Lipinski definition) is 4. The second-order valence-electron chi connectivity index (χ2n) is 4.14. The number of esters is 1. The number of halogens is 1. The van der Waals surface area contributed by atoms with E-state index in [-0.39, 0.29) is 15.5 Å². The van der Waals surface area contributed by atoms with Crippen molar-refractivity contribution < 1.29 is 17.9 Å². The average molecular weight is 306 g/mol. The number of carbonyl (C=O) groups is 1. The quantitative estimate of drug-likeness (QED) is 0.667. The van der Waals surface area contributed by atoms with Gasteiger partial charge >= 0.3 is 5.97 Å². The van der Waals surface area contributed by atoms with Crippen molar-refractivity contribution in [2.75, 3.05) is 6.61 Å². The summed E-state index contributed by atoms with van der Waals surface area (Å²) >= 11 is 5.87. The molecule has 0 unspecified atom stereocenters. The zero-order chi connectivity index (χ0) is 14.6. The molecule has 0 aliphatic heterocycles. The van der Waals surface area contributed by atoms with E-state index in [9.17, 15) is 13.2 Å². The van der Waals surface area contributed by atoms with Crippen molar-refractivity contribution in [1.82, 2.24) is 0 Å². The van der Waals surface area contributed by atoms with Gasteiger partial charge in [-0.25, -0.2) is 18.4 Å². The minimum absolute atomic E-state index is 0.0209. The first-order valence-electron chi connectivity index (χ1n) is 5.77. The number of benzene rings is 1. The fourth-order valence-electron chi connectivity index (χ4n) is 1.45. The van der Waals surface area contributed by atoms with E-state index in [4.69, 9.17) is 21.5 Å². The summed E-state index contributed by atoms with van der Waals surface area (Å²) in [5.74, 6) is -0.585. The maximum Gasteiger partial charge on any atom is 0.338 e. The molecule has 106 valence electrons. The molecule has 2 N–H and O–H groups in total. The summed E-state index contributed by atoms with van der Waals surface area (Å²) < 4.78 is 27.8. The molecule has 0 aromatic heterocycles. The molecule has 0 radical (unpaired) electrons. The minimum Gasteiger partial charge on any atom is -0.462 e. The van der Waals surface area contributed by atoms with E-state index in [0.29, 0.717) is 12.2 Å². The van der Waals surface area contributed by atoms with Crippen LogP contribution in [0.4, 0.5) is 0 Å². The van der Waals surface area contributed by atoms with E-state index >= 15 is 0 Å². The molecule has 19 heavy (non-hydrogen) atoms. The van der Waals surface area contributed by atoms with Gasteiger partial charge in [-0.3, -0.25) is 0 Å².